The number of hydrogen-bond donors (Lipinski definition) is 0. The lowest BCUT2D eigenvalue weighted by Crippen LogP contribution is -1.91. The molecule has 1 heterocycles. The van der Waals surface area contributed by atoms with Crippen molar-refractivity contribution < 1.29 is 18.9 Å². The van der Waals surface area contributed by atoms with E-state index in [1.54, 1.807) is 10.3 Å². The van der Waals surface area contributed by atoms with E-state index in [-0.39, 0.29) is 1.43 Å². The van der Waals surface area contributed by atoms with Gasteiger partial charge in [0.25, 0.3) is 10.3 Å². The Morgan fingerprint density at radius 3 is 2.12 bits per heavy atom. The molecule has 0 N–H and O–H groups in total. The summed E-state index contributed by atoms with van der Waals surface area (Å²) in [7, 11) is -1.57. The zero-order chi connectivity index (χ0) is 12.0. The van der Waals surface area contributed by atoms with Gasteiger partial charge in [-0.25, -0.2) is 0 Å². The monoisotopic (exact) mass is 276 g/mol. The summed E-state index contributed by atoms with van der Waals surface area (Å²) >= 11 is 0. The topological polar surface area (TPSA) is 80.3 Å². The van der Waals surface area contributed by atoms with Crippen LogP contribution in [0.25, 0.3) is 10.4 Å². The molecule has 0 amide bonds. The van der Waals surface area contributed by atoms with E-state index in [1.165, 1.54) is 10.4 Å². The third-order valence-corrected chi connectivity index (χ3v) is 3.53. The minimum Gasteiger partial charge on any atom is -0.759 e. The van der Waals surface area contributed by atoms with Gasteiger partial charge in [0.1, 0.15) is 0 Å². The van der Waals surface area contributed by atoms with Crippen molar-refractivity contribution in [2.24, 2.45) is 0 Å². The lowest BCUT2D eigenvalue weighted by molar-refractivity contribution is 0.352. The molecule has 0 aliphatic rings. The Labute approximate surface area is 102 Å². The fourth-order valence-corrected chi connectivity index (χ4v) is 2.84. The molecule has 1 aromatic heterocycles. The first kappa shape index (κ1) is 13.2. The van der Waals surface area contributed by atoms with E-state index in [1.807, 2.05) is 16.4 Å². The van der Waals surface area contributed by atoms with Gasteiger partial charge in [0, 0.05) is 16.5 Å². The molecule has 0 radical (unpaired) electrons. The van der Waals surface area contributed by atoms with Crippen LogP contribution in [0.2, 0.25) is 0 Å². The molecule has 2 rings (SSSR count). The van der Waals surface area contributed by atoms with Crippen molar-refractivity contribution in [3.05, 3.63) is 41.8 Å². The van der Waals surface area contributed by atoms with Crippen LogP contribution < -0.4 is 0 Å². The van der Waals surface area contributed by atoms with Gasteiger partial charge in [-0.05, 0) is 5.56 Å². The lowest BCUT2D eigenvalue weighted by Gasteiger charge is -2.06. The molecule has 0 fully saturated rings. The average molecular weight is 276 g/mol. The van der Waals surface area contributed by atoms with Crippen molar-refractivity contribution >= 4 is 31.1 Å². The zero-order valence-corrected chi connectivity index (χ0v) is 10.3. The van der Waals surface area contributed by atoms with Crippen LogP contribution in [0.15, 0.2) is 41.8 Å². The quantitative estimate of drug-likeness (QED) is 0.347. The summed E-state index contributed by atoms with van der Waals surface area (Å²) in [6.07, 6.45) is 0. The van der Waals surface area contributed by atoms with Gasteiger partial charge in [0.2, 0.25) is 5.38 Å². The second-order valence-electron chi connectivity index (χ2n) is 2.62. The van der Waals surface area contributed by atoms with E-state index in [0.29, 0.717) is 0 Å². The number of rotatable bonds is 1. The Morgan fingerprint density at radius 1 is 1.12 bits per heavy atom. The van der Waals surface area contributed by atoms with Crippen LogP contribution in [0.3, 0.4) is 0 Å². The third kappa shape index (κ3) is 5.89. The first-order valence-electron chi connectivity index (χ1n) is 4.06. The standard InChI is InChI=1S/C9H7S2.H2O4S/c1-2-4-8(5-3-1)9-6-7-10-11-9;1-5(2,3)4/h1-7H;(H2,1,2,3,4)/q+1;/p-1. The molecule has 0 bridgehead atoms. The molecule has 7 heteroatoms. The summed E-state index contributed by atoms with van der Waals surface area (Å²) < 4.78 is 34.1. The van der Waals surface area contributed by atoms with E-state index in [4.69, 9.17) is 17.5 Å². The second kappa shape index (κ2) is 6.02. The van der Waals surface area contributed by atoms with Gasteiger partial charge in [-0.1, -0.05) is 30.3 Å². The van der Waals surface area contributed by atoms with E-state index >= 15 is 0 Å². The highest BCUT2D eigenvalue weighted by Crippen LogP contribution is 2.26. The predicted molar refractivity (Wildman–Crippen MR) is 63.6 cm³/mol. The Balaban J connectivity index is 0.000000373. The highest BCUT2D eigenvalue weighted by atomic mass is 32.9. The van der Waals surface area contributed by atoms with Gasteiger partial charge in [-0.2, -0.15) is 0 Å². The zero-order valence-electron chi connectivity index (χ0n) is 8.90. The minimum atomic E-state index is -5.17. The first-order chi connectivity index (χ1) is 7.47. The Hall–Kier alpha value is -0.860. The molecular formula is C9H8O4S3. The Bertz CT molecular complexity index is 502. The lowest BCUT2D eigenvalue weighted by atomic mass is 10.2. The van der Waals surface area contributed by atoms with Crippen molar-refractivity contribution in [1.82, 2.24) is 0 Å². The average Bonchev–Trinajstić information content (AvgIpc) is 2.69. The molecule has 4 nitrogen and oxygen atoms in total. The van der Waals surface area contributed by atoms with Crippen LogP contribution in [-0.2, 0) is 10.4 Å². The Kier molecular flexibility index (Phi) is 4.97. The van der Waals surface area contributed by atoms with Gasteiger partial charge in [-0.15, -0.1) is 0 Å². The van der Waals surface area contributed by atoms with Crippen molar-refractivity contribution in [2.75, 3.05) is 0 Å². The summed E-state index contributed by atoms with van der Waals surface area (Å²) in [6, 6.07) is 12.6. The first-order valence-corrected chi connectivity index (χ1v) is 7.60. The van der Waals surface area contributed by atoms with Crippen molar-refractivity contribution in [2.45, 2.75) is 0 Å². The highest BCUT2D eigenvalue weighted by Gasteiger charge is 2.03. The summed E-state index contributed by atoms with van der Waals surface area (Å²) in [5.41, 5.74) is 1.32. The highest BCUT2D eigenvalue weighted by molar-refractivity contribution is 7.79. The van der Waals surface area contributed by atoms with Gasteiger partial charge < -0.3 is 9.11 Å². The molecular weight excluding hydrogens is 268 g/mol. The minimum absolute atomic E-state index is 0. The maximum atomic E-state index is 8.52. The fraction of sp³-hybridized carbons (Fsp3) is 0. The molecule has 0 atom stereocenters. The van der Waals surface area contributed by atoms with Gasteiger partial charge in [0.05, 0.1) is 4.88 Å². The van der Waals surface area contributed by atoms with Crippen LogP contribution in [0.4, 0.5) is 0 Å². The van der Waals surface area contributed by atoms with Crippen molar-refractivity contribution in [1.29, 1.82) is 0 Å². The Morgan fingerprint density at radius 2 is 1.69 bits per heavy atom. The van der Waals surface area contributed by atoms with Gasteiger partial charge in [0.15, 0.2) is 10.3 Å². The smallest absolute Gasteiger partial charge is 0.759 e. The summed E-state index contributed by atoms with van der Waals surface area (Å²) in [4.78, 5) is 1.36. The number of hydrogen-bond acceptors (Lipinski definition) is 5. The van der Waals surface area contributed by atoms with Crippen LogP contribution in [0.5, 0.6) is 0 Å². The largest absolute Gasteiger partial charge is 1.00 e. The predicted octanol–water partition coefficient (Wildman–Crippen LogP) is 2.53. The summed E-state index contributed by atoms with van der Waals surface area (Å²) in [5, 5.41) is 2.12. The fourth-order valence-electron chi connectivity index (χ4n) is 0.944. The third-order valence-electron chi connectivity index (χ3n) is 1.47. The maximum Gasteiger partial charge on any atom is 1.00 e. The van der Waals surface area contributed by atoms with Crippen molar-refractivity contribution in [3.63, 3.8) is 0 Å². The molecule has 0 aliphatic heterocycles. The maximum absolute atomic E-state index is 8.52. The molecule has 0 unspecified atom stereocenters. The molecule has 0 saturated heterocycles. The second-order valence-corrected chi connectivity index (χ2v) is 5.59. The van der Waals surface area contributed by atoms with Gasteiger partial charge >= 0.3 is 1.43 Å². The normalized spacial score (nSPS) is 10.4. The van der Waals surface area contributed by atoms with E-state index in [2.05, 4.69) is 35.7 Å². The molecule has 1 aromatic carbocycles. The molecule has 0 saturated carbocycles. The van der Waals surface area contributed by atoms with Gasteiger partial charge in [-0.3, -0.25) is 8.42 Å². The van der Waals surface area contributed by atoms with E-state index in [9.17, 15) is 0 Å². The SMILES string of the molecule is O=S(=O)([O-])[O-].[H+].c1ccc(-c2cc[s+]s2)cc1. The van der Waals surface area contributed by atoms with Crippen LogP contribution >= 0.6 is 20.7 Å². The van der Waals surface area contributed by atoms with E-state index in [0.717, 1.165) is 0 Å². The molecule has 2 aromatic rings. The summed E-state index contributed by atoms with van der Waals surface area (Å²) in [5.74, 6) is 0. The number of benzene rings is 1. The molecule has 86 valence electrons. The molecule has 0 spiro atoms. The molecule has 16 heavy (non-hydrogen) atoms. The summed E-state index contributed by atoms with van der Waals surface area (Å²) in [6.45, 7) is 0. The van der Waals surface area contributed by atoms with Crippen LogP contribution in [0.1, 0.15) is 1.43 Å². The van der Waals surface area contributed by atoms with Crippen LogP contribution in [-0.4, -0.2) is 17.5 Å². The van der Waals surface area contributed by atoms with Crippen molar-refractivity contribution in [3.8, 4) is 10.4 Å². The molecule has 0 aliphatic carbocycles. The van der Waals surface area contributed by atoms with Crippen LogP contribution in [0, 0.1) is 0 Å². The van der Waals surface area contributed by atoms with E-state index < -0.39 is 10.4 Å².